The fourth-order valence-electron chi connectivity index (χ4n) is 2.99. The Labute approximate surface area is 151 Å². The van der Waals surface area contributed by atoms with E-state index in [0.29, 0.717) is 12.1 Å². The summed E-state index contributed by atoms with van der Waals surface area (Å²) in [6, 6.07) is 7.53. The van der Waals surface area contributed by atoms with Gasteiger partial charge in [-0.3, -0.25) is 4.68 Å². The Balaban J connectivity index is 1.54. The summed E-state index contributed by atoms with van der Waals surface area (Å²) < 4.78 is 42.2. The molecule has 0 spiro atoms. The molecule has 0 bridgehead atoms. The van der Waals surface area contributed by atoms with Crippen molar-refractivity contribution < 1.29 is 13.2 Å². The molecule has 0 atom stereocenters. The maximum Gasteiger partial charge on any atom is 0.416 e. The van der Waals surface area contributed by atoms with E-state index in [2.05, 4.69) is 35.0 Å². The maximum absolute atomic E-state index is 12.8. The van der Waals surface area contributed by atoms with Crippen LogP contribution in [0.1, 0.15) is 35.6 Å². The van der Waals surface area contributed by atoms with Gasteiger partial charge in [-0.15, -0.1) is 0 Å². The van der Waals surface area contributed by atoms with Crippen LogP contribution in [0, 0.1) is 0 Å². The predicted molar refractivity (Wildman–Crippen MR) is 94.9 cm³/mol. The van der Waals surface area contributed by atoms with Crippen LogP contribution in [0.15, 0.2) is 55.1 Å². The Morgan fingerprint density at radius 2 is 1.81 bits per heavy atom. The van der Waals surface area contributed by atoms with E-state index in [1.165, 1.54) is 17.7 Å². The van der Waals surface area contributed by atoms with E-state index >= 15 is 0 Å². The highest BCUT2D eigenvalue weighted by atomic mass is 19.4. The molecule has 0 N–H and O–H groups in total. The molecule has 0 saturated heterocycles. The zero-order valence-electron chi connectivity index (χ0n) is 14.7. The quantitative estimate of drug-likeness (QED) is 0.584. The van der Waals surface area contributed by atoms with Gasteiger partial charge in [0.25, 0.3) is 0 Å². The summed E-state index contributed by atoms with van der Waals surface area (Å²) in [4.78, 5) is 0. The molecule has 3 aromatic rings. The number of alkyl halides is 3. The Bertz CT molecular complexity index is 846. The molecule has 0 saturated carbocycles. The van der Waals surface area contributed by atoms with Gasteiger partial charge in [-0.25, -0.2) is 0 Å². The third-order valence-electron chi connectivity index (χ3n) is 4.39. The van der Waals surface area contributed by atoms with Gasteiger partial charge in [0, 0.05) is 25.1 Å². The van der Waals surface area contributed by atoms with Gasteiger partial charge in [0.2, 0.25) is 0 Å². The summed E-state index contributed by atoms with van der Waals surface area (Å²) in [5.74, 6) is 0. The molecule has 138 valence electrons. The molecule has 3 rings (SSSR count). The molecule has 0 aliphatic rings. The number of halogens is 3. The normalized spacial score (nSPS) is 11.8. The molecule has 0 radical (unpaired) electrons. The second-order valence-electron chi connectivity index (χ2n) is 6.45. The number of aromatic nitrogens is 3. The highest BCUT2D eigenvalue weighted by Gasteiger charge is 2.30. The zero-order valence-corrected chi connectivity index (χ0v) is 14.7. The van der Waals surface area contributed by atoms with E-state index in [4.69, 9.17) is 0 Å². The Morgan fingerprint density at radius 1 is 1.00 bits per heavy atom. The average Bonchev–Trinajstić information content (AvgIpc) is 3.24. The lowest BCUT2D eigenvalue weighted by Gasteiger charge is -2.08. The number of hydrogen-bond donors (Lipinski definition) is 0. The monoisotopic (exact) mass is 361 g/mol. The van der Waals surface area contributed by atoms with Crippen LogP contribution in [0.4, 0.5) is 13.2 Å². The first-order valence-corrected chi connectivity index (χ1v) is 8.76. The molecular formula is C20H22F3N3. The summed E-state index contributed by atoms with van der Waals surface area (Å²) in [6.07, 6.45) is 6.57. The minimum atomic E-state index is -4.32. The Hall–Kier alpha value is -2.50. The van der Waals surface area contributed by atoms with Gasteiger partial charge in [-0.1, -0.05) is 12.1 Å². The third-order valence-corrected chi connectivity index (χ3v) is 4.39. The first-order valence-electron chi connectivity index (χ1n) is 8.76. The minimum Gasteiger partial charge on any atom is -0.354 e. The van der Waals surface area contributed by atoms with Gasteiger partial charge < -0.3 is 4.57 Å². The molecule has 0 unspecified atom stereocenters. The van der Waals surface area contributed by atoms with Crippen molar-refractivity contribution in [1.82, 2.24) is 14.3 Å². The van der Waals surface area contributed by atoms with Gasteiger partial charge in [-0.05, 0) is 61.1 Å². The highest BCUT2D eigenvalue weighted by molar-refractivity contribution is 5.26. The molecule has 3 nitrogen and oxygen atoms in total. The third kappa shape index (κ3) is 4.77. The van der Waals surface area contributed by atoms with Crippen molar-refractivity contribution in [3.63, 3.8) is 0 Å². The lowest BCUT2D eigenvalue weighted by molar-refractivity contribution is -0.137. The average molecular weight is 361 g/mol. The van der Waals surface area contributed by atoms with Crippen LogP contribution >= 0.6 is 0 Å². The van der Waals surface area contributed by atoms with Crippen LogP contribution < -0.4 is 0 Å². The fourth-order valence-corrected chi connectivity index (χ4v) is 2.99. The minimum absolute atomic E-state index is 0.337. The fraction of sp³-hybridized carbons (Fsp3) is 0.350. The SMILES string of the molecule is CCn1ccc(CCCc2cnn(Cc3cccc(C(F)(F)F)c3)c2)c1. The summed E-state index contributed by atoms with van der Waals surface area (Å²) in [6.45, 7) is 3.42. The van der Waals surface area contributed by atoms with Gasteiger partial charge in [0.1, 0.15) is 0 Å². The van der Waals surface area contributed by atoms with Crippen molar-refractivity contribution in [2.24, 2.45) is 0 Å². The van der Waals surface area contributed by atoms with Gasteiger partial charge in [0.15, 0.2) is 0 Å². The van der Waals surface area contributed by atoms with Crippen LogP contribution in [0.2, 0.25) is 0 Å². The lowest BCUT2D eigenvalue weighted by atomic mass is 10.1. The zero-order chi connectivity index (χ0) is 18.6. The molecule has 0 aliphatic carbocycles. The van der Waals surface area contributed by atoms with Crippen LogP contribution in [0.3, 0.4) is 0 Å². The van der Waals surface area contributed by atoms with Crippen LogP contribution in [0.25, 0.3) is 0 Å². The number of rotatable bonds is 7. The van der Waals surface area contributed by atoms with E-state index in [9.17, 15) is 13.2 Å². The van der Waals surface area contributed by atoms with Crippen molar-refractivity contribution in [1.29, 1.82) is 0 Å². The number of aryl methyl sites for hydroxylation is 3. The second kappa shape index (κ2) is 7.81. The van der Waals surface area contributed by atoms with E-state index in [0.717, 1.165) is 37.4 Å². The van der Waals surface area contributed by atoms with E-state index in [1.807, 2.05) is 6.20 Å². The molecule has 6 heteroatoms. The number of nitrogens with zero attached hydrogens (tertiary/aromatic N) is 3. The standard InChI is InChI=1S/C20H22F3N3/c1-2-25-10-9-16(13-25)5-3-7-18-12-24-26(15-18)14-17-6-4-8-19(11-17)20(21,22)23/h4,6,8-13,15H,2-3,5,7,14H2,1H3. The summed E-state index contributed by atoms with van der Waals surface area (Å²) in [5.41, 5.74) is 2.40. The number of benzene rings is 1. The van der Waals surface area contributed by atoms with E-state index in [-0.39, 0.29) is 0 Å². The van der Waals surface area contributed by atoms with Crippen LogP contribution in [-0.2, 0) is 32.1 Å². The Kier molecular flexibility index (Phi) is 5.49. The summed E-state index contributed by atoms with van der Waals surface area (Å²) >= 11 is 0. The van der Waals surface area contributed by atoms with E-state index < -0.39 is 11.7 Å². The molecule has 2 aromatic heterocycles. The smallest absolute Gasteiger partial charge is 0.354 e. The molecule has 0 fully saturated rings. The summed E-state index contributed by atoms with van der Waals surface area (Å²) in [7, 11) is 0. The van der Waals surface area contributed by atoms with Gasteiger partial charge in [-0.2, -0.15) is 18.3 Å². The molecule has 0 aliphatic heterocycles. The van der Waals surface area contributed by atoms with Gasteiger partial charge in [0.05, 0.1) is 18.3 Å². The predicted octanol–water partition coefficient (Wildman–Crippen LogP) is 4.95. The van der Waals surface area contributed by atoms with Crippen molar-refractivity contribution in [3.8, 4) is 0 Å². The molecule has 26 heavy (non-hydrogen) atoms. The van der Waals surface area contributed by atoms with Crippen LogP contribution in [0.5, 0.6) is 0 Å². The first kappa shape index (κ1) is 18.3. The molecule has 0 amide bonds. The molecule has 1 aromatic carbocycles. The van der Waals surface area contributed by atoms with Crippen molar-refractivity contribution in [2.45, 2.75) is 45.5 Å². The number of hydrogen-bond acceptors (Lipinski definition) is 1. The van der Waals surface area contributed by atoms with Crippen LogP contribution in [-0.4, -0.2) is 14.3 Å². The largest absolute Gasteiger partial charge is 0.416 e. The lowest BCUT2D eigenvalue weighted by Crippen LogP contribution is -2.07. The van der Waals surface area contributed by atoms with Crippen molar-refractivity contribution in [2.75, 3.05) is 0 Å². The van der Waals surface area contributed by atoms with Crippen molar-refractivity contribution >= 4 is 0 Å². The molecule has 2 heterocycles. The van der Waals surface area contributed by atoms with E-state index in [1.54, 1.807) is 16.9 Å². The maximum atomic E-state index is 12.8. The summed E-state index contributed by atoms with van der Waals surface area (Å²) in [5, 5.41) is 4.28. The second-order valence-corrected chi connectivity index (χ2v) is 6.45. The van der Waals surface area contributed by atoms with Gasteiger partial charge >= 0.3 is 6.18 Å². The van der Waals surface area contributed by atoms with Crippen molar-refractivity contribution in [3.05, 3.63) is 77.4 Å². The highest BCUT2D eigenvalue weighted by Crippen LogP contribution is 2.29. The Morgan fingerprint density at radius 3 is 2.54 bits per heavy atom. The topological polar surface area (TPSA) is 22.8 Å². The molecular weight excluding hydrogens is 339 g/mol. The first-order chi connectivity index (χ1) is 12.4.